The summed E-state index contributed by atoms with van der Waals surface area (Å²) in [6.45, 7) is 4.75. The van der Waals surface area contributed by atoms with Gasteiger partial charge < -0.3 is 20.3 Å². The number of carbonyl (C=O) groups excluding carboxylic acids is 2. The lowest BCUT2D eigenvalue weighted by atomic mass is 10.1. The fraction of sp³-hybridized carbons (Fsp3) is 0.854. The first-order valence-corrected chi connectivity index (χ1v) is 20.1. The van der Waals surface area contributed by atoms with Gasteiger partial charge in [0.05, 0.1) is 25.4 Å². The lowest BCUT2D eigenvalue weighted by Crippen LogP contribution is -2.45. The average Bonchev–Trinajstić information content (AvgIpc) is 3.07. The van der Waals surface area contributed by atoms with Gasteiger partial charge in [-0.05, 0) is 57.8 Å². The van der Waals surface area contributed by atoms with Crippen LogP contribution in [0.2, 0.25) is 0 Å². The molecular formula is C41H77NO5. The highest BCUT2D eigenvalue weighted by molar-refractivity contribution is 5.76. The van der Waals surface area contributed by atoms with Crippen molar-refractivity contribution >= 4 is 11.9 Å². The maximum absolute atomic E-state index is 12.3. The molecule has 2 atom stereocenters. The standard InChI is InChI=1S/C41H77NO5/c1-3-5-7-9-11-13-14-19-23-27-31-35-41(46)47-36-32-28-24-20-16-15-18-22-26-30-34-40(45)42-38(37-43)39(44)33-29-25-21-17-12-10-8-6-4-2/h16,20,29,33,38-39,43-44H,3-15,17-19,21-28,30-32,34-37H2,1-2H3,(H,42,45)/b20-16-,33-29+. The summed E-state index contributed by atoms with van der Waals surface area (Å²) in [5, 5.41) is 22.8. The summed E-state index contributed by atoms with van der Waals surface area (Å²) in [6, 6.07) is -0.649. The minimum Gasteiger partial charge on any atom is -0.466 e. The molecule has 6 nitrogen and oxygen atoms in total. The van der Waals surface area contributed by atoms with Crippen molar-refractivity contribution in [2.45, 2.75) is 212 Å². The zero-order chi connectivity index (χ0) is 34.5. The fourth-order valence-electron chi connectivity index (χ4n) is 5.80. The lowest BCUT2D eigenvalue weighted by Gasteiger charge is -2.20. The zero-order valence-corrected chi connectivity index (χ0v) is 31.0. The SMILES string of the molecule is CCCCCCCCC/C=C/C(O)C(CO)NC(=O)CCCCCC/C=C\CCCCOC(=O)CCCCCCCCCCCCC. The molecule has 0 aliphatic heterocycles. The highest BCUT2D eigenvalue weighted by atomic mass is 16.5. The summed E-state index contributed by atoms with van der Waals surface area (Å²) < 4.78 is 5.39. The summed E-state index contributed by atoms with van der Waals surface area (Å²) in [6.07, 6.45) is 40.2. The maximum atomic E-state index is 12.3. The minimum atomic E-state index is -0.862. The predicted molar refractivity (Wildman–Crippen MR) is 200 cm³/mol. The molecule has 0 saturated carbocycles. The molecule has 0 fully saturated rings. The van der Waals surface area contributed by atoms with Gasteiger partial charge in [-0.15, -0.1) is 0 Å². The number of unbranched alkanes of at least 4 members (excludes halogenated alkanes) is 23. The maximum Gasteiger partial charge on any atom is 0.305 e. The van der Waals surface area contributed by atoms with Gasteiger partial charge in [-0.2, -0.15) is 0 Å². The number of hydrogen-bond acceptors (Lipinski definition) is 5. The van der Waals surface area contributed by atoms with E-state index in [-0.39, 0.29) is 18.5 Å². The molecule has 0 saturated heterocycles. The van der Waals surface area contributed by atoms with E-state index in [2.05, 4.69) is 31.3 Å². The van der Waals surface area contributed by atoms with Crippen molar-refractivity contribution < 1.29 is 24.5 Å². The van der Waals surface area contributed by atoms with E-state index in [0.717, 1.165) is 77.0 Å². The number of amides is 1. The van der Waals surface area contributed by atoms with Crippen molar-refractivity contribution in [2.24, 2.45) is 0 Å². The van der Waals surface area contributed by atoms with E-state index >= 15 is 0 Å². The van der Waals surface area contributed by atoms with Crippen LogP contribution in [0.3, 0.4) is 0 Å². The minimum absolute atomic E-state index is 0.0405. The van der Waals surface area contributed by atoms with Gasteiger partial charge in [-0.3, -0.25) is 9.59 Å². The number of aliphatic hydroxyl groups excluding tert-OH is 2. The van der Waals surface area contributed by atoms with E-state index in [9.17, 15) is 19.8 Å². The number of nitrogens with one attached hydrogen (secondary N) is 1. The molecule has 0 aromatic carbocycles. The summed E-state index contributed by atoms with van der Waals surface area (Å²) in [4.78, 5) is 24.2. The molecule has 276 valence electrons. The third kappa shape index (κ3) is 34.0. The van der Waals surface area contributed by atoms with Crippen LogP contribution in [0.1, 0.15) is 200 Å². The van der Waals surface area contributed by atoms with Crippen LogP contribution in [0.25, 0.3) is 0 Å². The van der Waals surface area contributed by atoms with Gasteiger partial charge in [-0.25, -0.2) is 0 Å². The molecule has 0 aromatic heterocycles. The summed E-state index contributed by atoms with van der Waals surface area (Å²) in [5.41, 5.74) is 0. The Hall–Kier alpha value is -1.66. The predicted octanol–water partition coefficient (Wildman–Crippen LogP) is 10.8. The quantitative estimate of drug-likeness (QED) is 0.0352. The van der Waals surface area contributed by atoms with Gasteiger partial charge in [-0.1, -0.05) is 154 Å². The molecule has 0 bridgehead atoms. The Labute approximate surface area is 291 Å². The molecule has 0 spiro atoms. The van der Waals surface area contributed by atoms with E-state index < -0.39 is 12.1 Å². The van der Waals surface area contributed by atoms with Gasteiger partial charge in [0, 0.05) is 12.8 Å². The van der Waals surface area contributed by atoms with Crippen LogP contribution in [-0.4, -0.2) is 47.4 Å². The molecule has 47 heavy (non-hydrogen) atoms. The third-order valence-electron chi connectivity index (χ3n) is 8.97. The molecule has 3 N–H and O–H groups in total. The Balaban J connectivity index is 3.58. The number of esters is 1. The fourth-order valence-corrected chi connectivity index (χ4v) is 5.80. The van der Waals surface area contributed by atoms with Crippen molar-refractivity contribution in [3.63, 3.8) is 0 Å². The summed E-state index contributed by atoms with van der Waals surface area (Å²) >= 11 is 0. The van der Waals surface area contributed by atoms with Crippen molar-refractivity contribution in [1.82, 2.24) is 5.32 Å². The smallest absolute Gasteiger partial charge is 0.305 e. The van der Waals surface area contributed by atoms with Crippen LogP contribution < -0.4 is 5.32 Å². The lowest BCUT2D eigenvalue weighted by molar-refractivity contribution is -0.143. The third-order valence-corrected chi connectivity index (χ3v) is 8.97. The Morgan fingerprint density at radius 2 is 1.00 bits per heavy atom. The number of carbonyl (C=O) groups is 2. The Kier molecular flexibility index (Phi) is 35.9. The number of rotatable bonds is 36. The van der Waals surface area contributed by atoms with Crippen LogP contribution in [0.4, 0.5) is 0 Å². The van der Waals surface area contributed by atoms with Crippen molar-refractivity contribution in [2.75, 3.05) is 13.2 Å². The van der Waals surface area contributed by atoms with Crippen LogP contribution in [0.15, 0.2) is 24.3 Å². The first-order chi connectivity index (χ1) is 23.0. The van der Waals surface area contributed by atoms with Gasteiger partial charge in [0.1, 0.15) is 0 Å². The van der Waals surface area contributed by atoms with Crippen LogP contribution >= 0.6 is 0 Å². The molecule has 0 heterocycles. The second kappa shape index (κ2) is 37.2. The highest BCUT2D eigenvalue weighted by Gasteiger charge is 2.17. The molecule has 6 heteroatoms. The molecule has 0 aliphatic carbocycles. The van der Waals surface area contributed by atoms with E-state index in [0.29, 0.717) is 19.4 Å². The van der Waals surface area contributed by atoms with Crippen LogP contribution in [0.5, 0.6) is 0 Å². The highest BCUT2D eigenvalue weighted by Crippen LogP contribution is 2.13. The largest absolute Gasteiger partial charge is 0.466 e. The number of hydrogen-bond donors (Lipinski definition) is 3. The van der Waals surface area contributed by atoms with Gasteiger partial charge in [0.15, 0.2) is 0 Å². The molecule has 2 unspecified atom stereocenters. The van der Waals surface area contributed by atoms with Gasteiger partial charge >= 0.3 is 5.97 Å². The monoisotopic (exact) mass is 664 g/mol. The average molecular weight is 664 g/mol. The first kappa shape index (κ1) is 45.3. The first-order valence-electron chi connectivity index (χ1n) is 20.1. The molecular weight excluding hydrogens is 586 g/mol. The Bertz CT molecular complexity index is 737. The van der Waals surface area contributed by atoms with Crippen LogP contribution in [0, 0.1) is 0 Å². The van der Waals surface area contributed by atoms with Gasteiger partial charge in [0.25, 0.3) is 0 Å². The second-order valence-corrected chi connectivity index (χ2v) is 13.6. The number of aliphatic hydroxyl groups is 2. The molecule has 0 rings (SSSR count). The van der Waals surface area contributed by atoms with Crippen molar-refractivity contribution in [1.29, 1.82) is 0 Å². The molecule has 0 radical (unpaired) electrons. The molecule has 0 aromatic rings. The molecule has 1 amide bonds. The van der Waals surface area contributed by atoms with Gasteiger partial charge in [0.2, 0.25) is 5.91 Å². The Morgan fingerprint density at radius 3 is 1.51 bits per heavy atom. The second-order valence-electron chi connectivity index (χ2n) is 13.6. The van der Waals surface area contributed by atoms with E-state index in [1.54, 1.807) is 6.08 Å². The molecule has 0 aliphatic rings. The number of ether oxygens (including phenoxy) is 1. The van der Waals surface area contributed by atoms with E-state index in [4.69, 9.17) is 4.74 Å². The Morgan fingerprint density at radius 1 is 0.574 bits per heavy atom. The number of allylic oxidation sites excluding steroid dienone is 3. The summed E-state index contributed by atoms with van der Waals surface area (Å²) in [5.74, 6) is -0.149. The van der Waals surface area contributed by atoms with Crippen molar-refractivity contribution in [3.8, 4) is 0 Å². The summed E-state index contributed by atoms with van der Waals surface area (Å²) in [7, 11) is 0. The zero-order valence-electron chi connectivity index (χ0n) is 31.0. The normalized spacial score (nSPS) is 13.0. The topological polar surface area (TPSA) is 95.9 Å². The van der Waals surface area contributed by atoms with Crippen molar-refractivity contribution in [3.05, 3.63) is 24.3 Å². The van der Waals surface area contributed by atoms with E-state index in [1.165, 1.54) is 96.3 Å². The van der Waals surface area contributed by atoms with Crippen LogP contribution in [-0.2, 0) is 14.3 Å². The van der Waals surface area contributed by atoms with E-state index in [1.807, 2.05) is 6.08 Å².